The Morgan fingerprint density at radius 1 is 0.958 bits per heavy atom. The smallest absolute Gasteiger partial charge is 0.243 e. The van der Waals surface area contributed by atoms with Gasteiger partial charge in [-0.2, -0.15) is 4.31 Å². The Hall–Kier alpha value is -1.76. The van der Waals surface area contributed by atoms with Gasteiger partial charge in [0.2, 0.25) is 10.0 Å². The molecule has 2 aromatic rings. The molecular formula is C18H19FN2O2S. The SMILES string of the molecule is O=S(=O)(c1ccccc1)N1C[C@H]2CN(Cc3ccccc3F)[C@@H]2C1. The molecule has 2 aliphatic rings. The fourth-order valence-corrected chi connectivity index (χ4v) is 5.21. The quantitative estimate of drug-likeness (QED) is 0.853. The highest BCUT2D eigenvalue weighted by Crippen LogP contribution is 2.36. The first-order chi connectivity index (χ1) is 11.6. The second-order valence-electron chi connectivity index (χ2n) is 6.48. The third kappa shape index (κ3) is 2.64. The maximum Gasteiger partial charge on any atom is 0.243 e. The third-order valence-electron chi connectivity index (χ3n) is 5.02. The zero-order chi connectivity index (χ0) is 16.7. The molecule has 2 fully saturated rings. The summed E-state index contributed by atoms with van der Waals surface area (Å²) in [5.41, 5.74) is 0.667. The van der Waals surface area contributed by atoms with E-state index < -0.39 is 10.0 Å². The molecule has 2 aliphatic heterocycles. The van der Waals surface area contributed by atoms with Gasteiger partial charge in [-0.15, -0.1) is 0 Å². The lowest BCUT2D eigenvalue weighted by atomic mass is 9.91. The molecule has 6 heteroatoms. The van der Waals surface area contributed by atoms with Crippen LogP contribution in [0.25, 0.3) is 0 Å². The van der Waals surface area contributed by atoms with Gasteiger partial charge in [0, 0.05) is 43.7 Å². The highest BCUT2D eigenvalue weighted by Gasteiger charge is 2.48. The molecule has 0 radical (unpaired) electrons. The molecule has 2 saturated heterocycles. The van der Waals surface area contributed by atoms with Crippen molar-refractivity contribution >= 4 is 10.0 Å². The molecule has 0 amide bonds. The van der Waals surface area contributed by atoms with Crippen LogP contribution in [0.15, 0.2) is 59.5 Å². The van der Waals surface area contributed by atoms with Crippen LogP contribution in [0, 0.1) is 11.7 Å². The molecule has 0 aromatic heterocycles. The van der Waals surface area contributed by atoms with E-state index in [0.717, 1.165) is 6.54 Å². The maximum absolute atomic E-state index is 13.8. The summed E-state index contributed by atoms with van der Waals surface area (Å²) in [5, 5.41) is 0. The van der Waals surface area contributed by atoms with Crippen molar-refractivity contribution in [1.82, 2.24) is 9.21 Å². The molecular weight excluding hydrogens is 327 g/mol. The van der Waals surface area contributed by atoms with Crippen LogP contribution in [0.5, 0.6) is 0 Å². The van der Waals surface area contributed by atoms with Crippen LogP contribution in [0.4, 0.5) is 4.39 Å². The molecule has 126 valence electrons. The van der Waals surface area contributed by atoms with E-state index in [-0.39, 0.29) is 11.9 Å². The zero-order valence-corrected chi connectivity index (χ0v) is 14.0. The monoisotopic (exact) mass is 346 g/mol. The van der Waals surface area contributed by atoms with Gasteiger partial charge in [0.15, 0.2) is 0 Å². The molecule has 0 unspecified atom stereocenters. The van der Waals surface area contributed by atoms with Crippen LogP contribution in [0.3, 0.4) is 0 Å². The van der Waals surface area contributed by atoms with Gasteiger partial charge >= 0.3 is 0 Å². The molecule has 24 heavy (non-hydrogen) atoms. The Labute approximate surface area is 141 Å². The van der Waals surface area contributed by atoms with Gasteiger partial charge in [-0.1, -0.05) is 36.4 Å². The second kappa shape index (κ2) is 5.95. The summed E-state index contributed by atoms with van der Waals surface area (Å²) in [6.07, 6.45) is 0. The van der Waals surface area contributed by atoms with Crippen molar-refractivity contribution < 1.29 is 12.8 Å². The second-order valence-corrected chi connectivity index (χ2v) is 8.42. The number of sulfonamides is 1. The van der Waals surface area contributed by atoms with Gasteiger partial charge in [0.05, 0.1) is 4.90 Å². The minimum atomic E-state index is -3.44. The topological polar surface area (TPSA) is 40.6 Å². The lowest BCUT2D eigenvalue weighted by Gasteiger charge is -2.43. The van der Waals surface area contributed by atoms with E-state index >= 15 is 0 Å². The first-order valence-corrected chi connectivity index (χ1v) is 9.52. The number of benzene rings is 2. The van der Waals surface area contributed by atoms with Crippen LogP contribution in [-0.4, -0.2) is 43.3 Å². The van der Waals surface area contributed by atoms with Gasteiger partial charge < -0.3 is 0 Å². The lowest BCUT2D eigenvalue weighted by molar-refractivity contribution is 0.0425. The standard InChI is InChI=1S/C18H19FN2O2S/c19-17-9-5-4-6-14(17)10-20-11-15-12-21(13-18(15)20)24(22,23)16-7-2-1-3-8-16/h1-9,15,18H,10-13H2/t15-,18-/m1/s1. The molecule has 4 rings (SSSR count). The van der Waals surface area contributed by atoms with Gasteiger partial charge in [0.25, 0.3) is 0 Å². The molecule has 2 atom stereocenters. The lowest BCUT2D eigenvalue weighted by Crippen LogP contribution is -2.54. The fourth-order valence-electron chi connectivity index (χ4n) is 3.67. The predicted octanol–water partition coefficient (Wildman–Crippen LogP) is 2.33. The minimum absolute atomic E-state index is 0.183. The molecule has 0 aliphatic carbocycles. The Morgan fingerprint density at radius 2 is 1.67 bits per heavy atom. The van der Waals surface area contributed by atoms with E-state index in [1.807, 2.05) is 12.1 Å². The molecule has 0 N–H and O–H groups in total. The Kier molecular flexibility index (Phi) is 3.90. The number of hydrogen-bond acceptors (Lipinski definition) is 3. The van der Waals surface area contributed by atoms with Crippen molar-refractivity contribution in [1.29, 1.82) is 0 Å². The first kappa shape index (κ1) is 15.7. The van der Waals surface area contributed by atoms with Crippen LogP contribution < -0.4 is 0 Å². The summed E-state index contributed by atoms with van der Waals surface area (Å²) < 4.78 is 40.8. The number of likely N-dealkylation sites (tertiary alicyclic amines) is 1. The predicted molar refractivity (Wildman–Crippen MR) is 89.3 cm³/mol. The van der Waals surface area contributed by atoms with E-state index in [2.05, 4.69) is 4.90 Å². The number of rotatable bonds is 4. The summed E-state index contributed by atoms with van der Waals surface area (Å²) in [6, 6.07) is 15.5. The summed E-state index contributed by atoms with van der Waals surface area (Å²) in [4.78, 5) is 2.51. The van der Waals surface area contributed by atoms with Crippen molar-refractivity contribution in [2.24, 2.45) is 5.92 Å². The first-order valence-electron chi connectivity index (χ1n) is 8.08. The number of hydrogen-bond donors (Lipinski definition) is 0. The fraction of sp³-hybridized carbons (Fsp3) is 0.333. The van der Waals surface area contributed by atoms with Gasteiger partial charge in [-0.05, 0) is 18.2 Å². The Bertz CT molecular complexity index is 841. The van der Waals surface area contributed by atoms with Crippen LogP contribution in [0.1, 0.15) is 5.56 Å². The number of nitrogens with zero attached hydrogens (tertiary/aromatic N) is 2. The van der Waals surface area contributed by atoms with Gasteiger partial charge in [0.1, 0.15) is 5.82 Å². The van der Waals surface area contributed by atoms with E-state index in [0.29, 0.717) is 36.0 Å². The van der Waals surface area contributed by atoms with E-state index in [9.17, 15) is 12.8 Å². The van der Waals surface area contributed by atoms with Crippen molar-refractivity contribution in [3.05, 3.63) is 66.0 Å². The summed E-state index contributed by atoms with van der Waals surface area (Å²) >= 11 is 0. The van der Waals surface area contributed by atoms with Crippen LogP contribution >= 0.6 is 0 Å². The third-order valence-corrected chi connectivity index (χ3v) is 6.87. The molecule has 0 bridgehead atoms. The van der Waals surface area contributed by atoms with Crippen molar-refractivity contribution in [3.63, 3.8) is 0 Å². The van der Waals surface area contributed by atoms with E-state index in [1.165, 1.54) is 6.07 Å². The highest BCUT2D eigenvalue weighted by molar-refractivity contribution is 7.89. The molecule has 0 spiro atoms. The summed E-state index contributed by atoms with van der Waals surface area (Å²) in [5.74, 6) is 0.142. The van der Waals surface area contributed by atoms with Gasteiger partial charge in [-0.3, -0.25) is 4.90 Å². The summed E-state index contributed by atoms with van der Waals surface area (Å²) in [6.45, 7) is 2.39. The van der Waals surface area contributed by atoms with E-state index in [1.54, 1.807) is 40.7 Å². The zero-order valence-electron chi connectivity index (χ0n) is 13.2. The minimum Gasteiger partial charge on any atom is -0.294 e. The highest BCUT2D eigenvalue weighted by atomic mass is 32.2. The number of fused-ring (bicyclic) bond motifs is 1. The normalized spacial score (nSPS) is 24.5. The van der Waals surface area contributed by atoms with Crippen LogP contribution in [-0.2, 0) is 16.6 Å². The average Bonchev–Trinajstić information content (AvgIpc) is 2.93. The maximum atomic E-state index is 13.8. The molecule has 2 heterocycles. The van der Waals surface area contributed by atoms with Gasteiger partial charge in [-0.25, -0.2) is 12.8 Å². The molecule has 4 nitrogen and oxygen atoms in total. The average molecular weight is 346 g/mol. The van der Waals surface area contributed by atoms with E-state index in [4.69, 9.17) is 0 Å². The van der Waals surface area contributed by atoms with Crippen molar-refractivity contribution in [2.75, 3.05) is 19.6 Å². The van der Waals surface area contributed by atoms with Crippen molar-refractivity contribution in [3.8, 4) is 0 Å². The Balaban J connectivity index is 1.47. The molecule has 2 aromatic carbocycles. The van der Waals surface area contributed by atoms with Crippen molar-refractivity contribution in [2.45, 2.75) is 17.5 Å². The van der Waals surface area contributed by atoms with Crippen LogP contribution in [0.2, 0.25) is 0 Å². The Morgan fingerprint density at radius 3 is 2.42 bits per heavy atom. The summed E-state index contributed by atoms with van der Waals surface area (Å²) in [7, 11) is -3.44. The largest absolute Gasteiger partial charge is 0.294 e. The molecule has 0 saturated carbocycles. The number of halogens is 1.